The van der Waals surface area contributed by atoms with Crippen molar-refractivity contribution in [3.05, 3.63) is 88.5 Å². The molecule has 2 aliphatic rings. The van der Waals surface area contributed by atoms with Crippen molar-refractivity contribution in [3.63, 3.8) is 0 Å². The molecule has 218 valence electrons. The normalized spacial score (nSPS) is 21.4. The maximum absolute atomic E-state index is 14.4. The first-order valence-electron chi connectivity index (χ1n) is 13.4. The van der Waals surface area contributed by atoms with Gasteiger partial charge in [0.15, 0.2) is 5.78 Å². The van der Waals surface area contributed by atoms with E-state index in [0.29, 0.717) is 30.0 Å². The summed E-state index contributed by atoms with van der Waals surface area (Å²) in [5.74, 6) is 3.37. The lowest BCUT2D eigenvalue weighted by molar-refractivity contribution is 0.0737. The average molecular weight is 612 g/mol. The van der Waals surface area contributed by atoms with Crippen molar-refractivity contribution >= 4 is 39.0 Å². The number of ketones is 1. The summed E-state index contributed by atoms with van der Waals surface area (Å²) < 4.78 is 46.3. The van der Waals surface area contributed by atoms with Gasteiger partial charge in [0.2, 0.25) is 5.16 Å². The number of hydrogen-bond acceptors (Lipinski definition) is 6. The number of aromatic nitrogens is 6. The van der Waals surface area contributed by atoms with Crippen LogP contribution in [0.3, 0.4) is 0 Å². The smallest absolute Gasteiger partial charge is 0.244 e. The minimum absolute atomic E-state index is 0.0168. The molecule has 0 amide bonds. The summed E-state index contributed by atoms with van der Waals surface area (Å²) >= 11 is 6.26. The third-order valence-electron chi connectivity index (χ3n) is 8.05. The van der Waals surface area contributed by atoms with Crippen LogP contribution in [-0.2, 0) is 23.2 Å². The molecule has 0 bridgehead atoms. The van der Waals surface area contributed by atoms with Gasteiger partial charge in [0.1, 0.15) is 24.5 Å². The van der Waals surface area contributed by atoms with E-state index in [-0.39, 0.29) is 35.4 Å². The summed E-state index contributed by atoms with van der Waals surface area (Å²) in [7, 11) is -1.61. The Bertz CT molecular complexity index is 1800. The maximum Gasteiger partial charge on any atom is 0.244 e. The van der Waals surface area contributed by atoms with Gasteiger partial charge < -0.3 is 0 Å². The van der Waals surface area contributed by atoms with Gasteiger partial charge in [-0.2, -0.15) is 5.10 Å². The Morgan fingerprint density at radius 1 is 1.26 bits per heavy atom. The number of pyridine rings is 1. The van der Waals surface area contributed by atoms with Gasteiger partial charge in [-0.3, -0.25) is 14.5 Å². The van der Waals surface area contributed by atoms with Crippen LogP contribution in [-0.4, -0.2) is 69.0 Å². The Labute approximate surface area is 247 Å². The van der Waals surface area contributed by atoms with E-state index in [4.69, 9.17) is 11.6 Å². The van der Waals surface area contributed by atoms with E-state index in [2.05, 4.69) is 26.0 Å². The van der Waals surface area contributed by atoms with Crippen LogP contribution in [0.1, 0.15) is 41.0 Å². The molecule has 0 saturated heterocycles. The van der Waals surface area contributed by atoms with Gasteiger partial charge in [0.05, 0.1) is 32.7 Å². The zero-order valence-electron chi connectivity index (χ0n) is 22.8. The molecule has 3 atom stereocenters. The summed E-state index contributed by atoms with van der Waals surface area (Å²) in [5, 5.41) is 9.16. The first-order valence-corrected chi connectivity index (χ1v) is 15.4. The second-order valence-electron chi connectivity index (χ2n) is 10.6. The zero-order valence-corrected chi connectivity index (χ0v) is 24.4. The quantitative estimate of drug-likeness (QED) is 0.215. The van der Waals surface area contributed by atoms with Crippen molar-refractivity contribution in [3.8, 4) is 5.69 Å². The van der Waals surface area contributed by atoms with Crippen LogP contribution in [0.4, 0.5) is 8.78 Å². The van der Waals surface area contributed by atoms with Crippen LogP contribution in [0, 0.1) is 11.2 Å². The lowest BCUT2D eigenvalue weighted by atomic mass is 9.60. The van der Waals surface area contributed by atoms with Crippen LogP contribution in [0.25, 0.3) is 11.8 Å². The number of allylic oxidation sites excluding steroid dienone is 1. The van der Waals surface area contributed by atoms with E-state index in [9.17, 15) is 17.8 Å². The highest BCUT2D eigenvalue weighted by molar-refractivity contribution is 7.98. The van der Waals surface area contributed by atoms with E-state index in [0.717, 1.165) is 16.8 Å². The van der Waals surface area contributed by atoms with Crippen molar-refractivity contribution < 1.29 is 17.8 Å². The minimum Gasteiger partial charge on any atom is -0.291 e. The molecule has 42 heavy (non-hydrogen) atoms. The Balaban J connectivity index is 1.45. The van der Waals surface area contributed by atoms with Crippen LogP contribution < -0.4 is 0 Å². The Kier molecular flexibility index (Phi) is 7.32. The highest BCUT2D eigenvalue weighted by atomic mass is 35.5. The number of fused-ring (bicyclic) bond motifs is 2. The Morgan fingerprint density at radius 3 is 2.74 bits per heavy atom. The average Bonchev–Trinajstić information content (AvgIpc) is 3.60. The SMILES string of the molecule is C=S(=O)(c1ncn(C)n1)N(CCF)[C@H]1CCC2=Cc3c(cnn3-c3ccc(F)cc3)C[C@]2(C(=O)c2cc(Cl)ccn2)C1. The molecule has 0 radical (unpaired) electrons. The number of halogens is 3. The van der Waals surface area contributed by atoms with Gasteiger partial charge in [-0.15, -0.1) is 5.10 Å². The minimum atomic E-state index is -3.26. The number of Topliss-reactive ketones (excluding diaryl/α,β-unsaturated/α-hetero) is 1. The first kappa shape index (κ1) is 28.4. The first-order chi connectivity index (χ1) is 20.1. The zero-order chi connectivity index (χ0) is 29.6. The molecule has 0 aliphatic heterocycles. The van der Waals surface area contributed by atoms with E-state index >= 15 is 0 Å². The maximum atomic E-state index is 14.4. The molecule has 3 heterocycles. The van der Waals surface area contributed by atoms with E-state index in [1.54, 1.807) is 42.2 Å². The van der Waals surface area contributed by atoms with Gasteiger partial charge in [-0.1, -0.05) is 17.2 Å². The number of rotatable bonds is 8. The van der Waals surface area contributed by atoms with Crippen LogP contribution in [0.15, 0.2) is 65.8 Å². The van der Waals surface area contributed by atoms with Crippen LogP contribution >= 0.6 is 11.6 Å². The number of carbonyl (C=O) groups excluding carboxylic acids is 1. The standard InChI is InChI=1S/C29H28ClF2N7O2S/c1-37-18-34-28(36-37)42(2,41)38(12-10-31)24-6-3-20-13-26-19(17-35-39(26)23-7-4-22(32)5-8-23)15-29(20,16-24)27(40)25-14-21(30)9-11-33-25/h4-5,7-9,11,13-14,17-18,24H,2-3,6,10,12,15-16H2,1H3/t24-,29-,42?/m0/s1. The molecule has 1 aromatic carbocycles. The molecule has 3 aromatic heterocycles. The predicted molar refractivity (Wildman–Crippen MR) is 156 cm³/mol. The number of carbonyl (C=O) groups is 1. The fourth-order valence-electron chi connectivity index (χ4n) is 6.12. The monoisotopic (exact) mass is 611 g/mol. The van der Waals surface area contributed by atoms with Gasteiger partial charge in [0.25, 0.3) is 0 Å². The lowest BCUT2D eigenvalue weighted by Crippen LogP contribution is -2.51. The number of benzene rings is 1. The highest BCUT2D eigenvalue weighted by Crippen LogP contribution is 2.51. The molecule has 0 spiro atoms. The number of hydrogen-bond donors (Lipinski definition) is 0. The van der Waals surface area contributed by atoms with E-state index < -0.39 is 27.8 Å². The summed E-state index contributed by atoms with van der Waals surface area (Å²) in [6.45, 7) is -0.915. The number of nitrogens with zero attached hydrogens (tertiary/aromatic N) is 7. The van der Waals surface area contributed by atoms with E-state index in [1.165, 1.54) is 33.6 Å². The molecule has 6 rings (SSSR count). The third-order valence-corrected chi connectivity index (χ3v) is 10.3. The molecule has 1 fully saturated rings. The van der Waals surface area contributed by atoms with Crippen LogP contribution in [0.5, 0.6) is 0 Å². The van der Waals surface area contributed by atoms with Crippen molar-refractivity contribution in [2.45, 2.75) is 36.9 Å². The summed E-state index contributed by atoms with van der Waals surface area (Å²) in [6, 6.07) is 8.70. The van der Waals surface area contributed by atoms with Gasteiger partial charge >= 0.3 is 0 Å². The highest BCUT2D eigenvalue weighted by Gasteiger charge is 2.51. The topological polar surface area (TPSA) is 98.8 Å². The van der Waals surface area contributed by atoms with Crippen molar-refractivity contribution in [1.82, 2.24) is 33.8 Å². The molecule has 2 aliphatic carbocycles. The summed E-state index contributed by atoms with van der Waals surface area (Å²) in [6.07, 6.45) is 8.10. The second kappa shape index (κ2) is 10.8. The van der Waals surface area contributed by atoms with Gasteiger partial charge in [-0.05, 0) is 79.6 Å². The fourth-order valence-corrected chi connectivity index (χ4v) is 7.98. The molecule has 4 aromatic rings. The van der Waals surface area contributed by atoms with Crippen molar-refractivity contribution in [2.75, 3.05) is 13.2 Å². The molecule has 9 nitrogen and oxygen atoms in total. The van der Waals surface area contributed by atoms with Crippen molar-refractivity contribution in [2.24, 2.45) is 12.5 Å². The molecule has 1 saturated carbocycles. The summed E-state index contributed by atoms with van der Waals surface area (Å²) in [5.41, 5.74) is 2.31. The van der Waals surface area contributed by atoms with Crippen LogP contribution in [0.2, 0.25) is 5.02 Å². The predicted octanol–water partition coefficient (Wildman–Crippen LogP) is 4.51. The second-order valence-corrected chi connectivity index (χ2v) is 13.2. The molecular formula is C29H28ClF2N7O2S. The molecule has 0 N–H and O–H groups in total. The molecule has 1 unspecified atom stereocenters. The fraction of sp³-hybridized carbons (Fsp3) is 0.310. The van der Waals surface area contributed by atoms with Gasteiger partial charge in [-0.25, -0.2) is 27.0 Å². The lowest BCUT2D eigenvalue weighted by Gasteiger charge is -2.47. The molecule has 13 heteroatoms. The summed E-state index contributed by atoms with van der Waals surface area (Å²) in [4.78, 5) is 22.9. The molecular weight excluding hydrogens is 584 g/mol. The third kappa shape index (κ3) is 4.87. The van der Waals surface area contributed by atoms with E-state index in [1.807, 2.05) is 6.08 Å². The van der Waals surface area contributed by atoms with Crippen molar-refractivity contribution in [1.29, 1.82) is 0 Å². The largest absolute Gasteiger partial charge is 0.291 e. The van der Waals surface area contributed by atoms with Gasteiger partial charge in [0, 0.05) is 30.9 Å². The number of aryl methyl sites for hydroxylation is 1. The Morgan fingerprint density at radius 2 is 2.05 bits per heavy atom. The number of alkyl halides is 1. The Hall–Kier alpha value is -3.74.